The third-order valence-electron chi connectivity index (χ3n) is 5.27. The SMILES string of the molecule is CNC(=O)c1ccc(CCC#CC2=C(C(F)(F)C(F)(F)F)C3C=CC=C(Br)C3=C2)c(OC)c1. The molecule has 1 N–H and O–H groups in total. The molecule has 2 aliphatic rings. The van der Waals surface area contributed by atoms with Gasteiger partial charge in [0, 0.05) is 40.6 Å². The second kappa shape index (κ2) is 9.56. The highest BCUT2D eigenvalue weighted by atomic mass is 79.9. The highest BCUT2D eigenvalue weighted by Gasteiger charge is 2.63. The Kier molecular flexibility index (Phi) is 7.17. The van der Waals surface area contributed by atoms with Gasteiger partial charge in [0.1, 0.15) is 5.75 Å². The largest absolute Gasteiger partial charge is 0.496 e. The molecule has 2 aliphatic carbocycles. The lowest BCUT2D eigenvalue weighted by molar-refractivity contribution is -0.265. The number of benzene rings is 1. The van der Waals surface area contributed by atoms with Gasteiger partial charge < -0.3 is 10.1 Å². The van der Waals surface area contributed by atoms with Gasteiger partial charge in [-0.05, 0) is 41.8 Å². The van der Waals surface area contributed by atoms with Gasteiger partial charge in [-0.25, -0.2) is 0 Å². The molecule has 0 aliphatic heterocycles. The van der Waals surface area contributed by atoms with E-state index in [-0.39, 0.29) is 17.9 Å². The molecule has 0 heterocycles. The number of fused-ring (bicyclic) bond motifs is 1. The van der Waals surface area contributed by atoms with Crippen LogP contribution in [0.5, 0.6) is 5.75 Å². The molecule has 3 rings (SSSR count). The van der Waals surface area contributed by atoms with Gasteiger partial charge in [-0.15, -0.1) is 0 Å². The number of carbonyl (C=O) groups excluding carboxylic acids is 1. The van der Waals surface area contributed by atoms with Crippen LogP contribution >= 0.6 is 15.9 Å². The summed E-state index contributed by atoms with van der Waals surface area (Å²) in [6.45, 7) is 0. The van der Waals surface area contributed by atoms with Crippen LogP contribution in [0.3, 0.4) is 0 Å². The lowest BCUT2D eigenvalue weighted by atomic mass is 9.87. The number of ether oxygens (including phenoxy) is 1. The van der Waals surface area contributed by atoms with Gasteiger partial charge in [-0.1, -0.05) is 46.0 Å². The van der Waals surface area contributed by atoms with Gasteiger partial charge in [0.2, 0.25) is 0 Å². The maximum Gasteiger partial charge on any atom is 0.457 e. The molecule has 0 spiro atoms. The molecule has 3 nitrogen and oxygen atoms in total. The zero-order valence-corrected chi connectivity index (χ0v) is 19.2. The minimum absolute atomic E-state index is 0.185. The van der Waals surface area contributed by atoms with Crippen molar-refractivity contribution in [2.75, 3.05) is 14.2 Å². The van der Waals surface area contributed by atoms with Crippen LogP contribution in [0, 0.1) is 17.8 Å². The van der Waals surface area contributed by atoms with Crippen LogP contribution in [0.2, 0.25) is 0 Å². The van der Waals surface area contributed by atoms with Crippen LogP contribution in [-0.2, 0) is 6.42 Å². The fraction of sp³-hybridized carbons (Fsp3) is 0.292. The summed E-state index contributed by atoms with van der Waals surface area (Å²) in [4.78, 5) is 11.8. The Morgan fingerprint density at radius 1 is 1.24 bits per heavy atom. The van der Waals surface area contributed by atoms with Crippen molar-refractivity contribution >= 4 is 21.8 Å². The number of hydrogen-bond donors (Lipinski definition) is 1. The van der Waals surface area contributed by atoms with E-state index >= 15 is 0 Å². The number of methoxy groups -OCH3 is 1. The third kappa shape index (κ3) is 4.91. The fourth-order valence-corrected chi connectivity index (χ4v) is 4.14. The van der Waals surface area contributed by atoms with Crippen molar-refractivity contribution in [3.8, 4) is 17.6 Å². The topological polar surface area (TPSA) is 38.3 Å². The molecule has 0 saturated carbocycles. The van der Waals surface area contributed by atoms with Gasteiger partial charge in [-0.2, -0.15) is 22.0 Å². The molecule has 174 valence electrons. The standard InChI is InChI=1S/C24H19BrF5NO2/c1-31-22(32)16-11-10-14(20(13-16)33-2)6-3-4-7-15-12-18-17(8-5-9-19(18)25)21(15)23(26,27)24(28,29)30/h5,8-13,17H,3,6H2,1-2H3,(H,31,32). The lowest BCUT2D eigenvalue weighted by Gasteiger charge is -2.27. The molecule has 33 heavy (non-hydrogen) atoms. The van der Waals surface area contributed by atoms with Gasteiger partial charge in [0.05, 0.1) is 7.11 Å². The first-order chi connectivity index (χ1) is 15.5. The van der Waals surface area contributed by atoms with E-state index in [4.69, 9.17) is 4.74 Å². The van der Waals surface area contributed by atoms with E-state index in [1.54, 1.807) is 24.3 Å². The molecule has 0 bridgehead atoms. The van der Waals surface area contributed by atoms with E-state index < -0.39 is 23.6 Å². The monoisotopic (exact) mass is 527 g/mol. The fourth-order valence-electron chi connectivity index (χ4n) is 3.62. The van der Waals surface area contributed by atoms with Gasteiger partial charge in [-0.3, -0.25) is 4.79 Å². The summed E-state index contributed by atoms with van der Waals surface area (Å²) in [7, 11) is 2.95. The Balaban J connectivity index is 1.88. The van der Waals surface area contributed by atoms with E-state index in [0.717, 1.165) is 5.56 Å². The normalized spacial score (nSPS) is 17.6. The molecule has 0 aromatic heterocycles. The number of allylic oxidation sites excluding steroid dienone is 8. The number of aryl methyl sites for hydroxylation is 1. The summed E-state index contributed by atoms with van der Waals surface area (Å²) in [5.74, 6) is -0.829. The molecule has 1 unspecified atom stereocenters. The molecule has 0 radical (unpaired) electrons. The number of hydrogen-bond acceptors (Lipinski definition) is 2. The molecule has 0 fully saturated rings. The molecular formula is C24H19BrF5NO2. The summed E-state index contributed by atoms with van der Waals surface area (Å²) in [5.41, 5.74) is 0.0382. The van der Waals surface area contributed by atoms with Gasteiger partial charge >= 0.3 is 12.1 Å². The van der Waals surface area contributed by atoms with Crippen LogP contribution in [0.15, 0.2) is 63.7 Å². The summed E-state index contributed by atoms with van der Waals surface area (Å²) in [5, 5.41) is 2.51. The average Bonchev–Trinajstić information content (AvgIpc) is 3.15. The van der Waals surface area contributed by atoms with Crippen molar-refractivity contribution in [1.82, 2.24) is 5.32 Å². The van der Waals surface area contributed by atoms with Crippen molar-refractivity contribution < 1.29 is 31.5 Å². The summed E-state index contributed by atoms with van der Waals surface area (Å²) >= 11 is 3.22. The Bertz CT molecular complexity index is 1150. The first-order valence-electron chi connectivity index (χ1n) is 9.84. The highest BCUT2D eigenvalue weighted by molar-refractivity contribution is 9.12. The summed E-state index contributed by atoms with van der Waals surface area (Å²) in [6.07, 6.45) is 0.395. The maximum atomic E-state index is 14.4. The van der Waals surface area contributed by atoms with Crippen molar-refractivity contribution in [3.05, 3.63) is 74.8 Å². The molecule has 1 aromatic carbocycles. The Morgan fingerprint density at radius 3 is 2.61 bits per heavy atom. The third-order valence-corrected chi connectivity index (χ3v) is 5.99. The smallest absolute Gasteiger partial charge is 0.457 e. The van der Waals surface area contributed by atoms with E-state index in [1.807, 2.05) is 0 Å². The minimum Gasteiger partial charge on any atom is -0.496 e. The second-order valence-electron chi connectivity index (χ2n) is 7.28. The van der Waals surface area contributed by atoms with Crippen molar-refractivity contribution in [3.63, 3.8) is 0 Å². The van der Waals surface area contributed by atoms with Crippen molar-refractivity contribution in [2.45, 2.75) is 24.9 Å². The average molecular weight is 528 g/mol. The second-order valence-corrected chi connectivity index (χ2v) is 8.14. The number of alkyl halides is 5. The minimum atomic E-state index is -5.74. The molecule has 1 amide bonds. The predicted molar refractivity (Wildman–Crippen MR) is 118 cm³/mol. The predicted octanol–water partition coefficient (Wildman–Crippen LogP) is 5.89. The van der Waals surface area contributed by atoms with Crippen molar-refractivity contribution in [1.29, 1.82) is 0 Å². The molecule has 1 aromatic rings. The number of rotatable bonds is 5. The van der Waals surface area contributed by atoms with Gasteiger partial charge in [0.15, 0.2) is 0 Å². The number of amides is 1. The van der Waals surface area contributed by atoms with Crippen LogP contribution in [0.25, 0.3) is 0 Å². The molecule has 0 saturated heterocycles. The van der Waals surface area contributed by atoms with E-state index in [9.17, 15) is 26.7 Å². The first kappa shape index (κ1) is 24.8. The molecule has 1 atom stereocenters. The number of halogens is 6. The number of nitrogens with one attached hydrogen (secondary N) is 1. The quantitative estimate of drug-likeness (QED) is 0.383. The molecular weight excluding hydrogens is 509 g/mol. The Hall–Kier alpha value is -2.86. The van der Waals surface area contributed by atoms with Crippen LogP contribution in [-0.4, -0.2) is 32.2 Å². The van der Waals surface area contributed by atoms with Gasteiger partial charge in [0.25, 0.3) is 5.91 Å². The van der Waals surface area contributed by atoms with Crippen LogP contribution in [0.4, 0.5) is 22.0 Å². The van der Waals surface area contributed by atoms with E-state index in [2.05, 4.69) is 33.1 Å². The zero-order chi connectivity index (χ0) is 24.4. The Labute approximate surface area is 196 Å². The first-order valence-corrected chi connectivity index (χ1v) is 10.6. The number of carbonyl (C=O) groups is 1. The van der Waals surface area contributed by atoms with Crippen LogP contribution < -0.4 is 10.1 Å². The summed E-state index contributed by atoms with van der Waals surface area (Å²) in [6, 6.07) is 4.86. The Morgan fingerprint density at radius 2 is 1.97 bits per heavy atom. The summed E-state index contributed by atoms with van der Waals surface area (Å²) < 4.78 is 74.0. The van der Waals surface area contributed by atoms with Crippen molar-refractivity contribution in [2.24, 2.45) is 5.92 Å². The lowest BCUT2D eigenvalue weighted by Crippen LogP contribution is -2.40. The highest BCUT2D eigenvalue weighted by Crippen LogP contribution is 2.52. The molecule has 9 heteroatoms. The maximum absolute atomic E-state index is 14.4. The zero-order valence-electron chi connectivity index (χ0n) is 17.6. The van der Waals surface area contributed by atoms with E-state index in [1.165, 1.54) is 32.4 Å². The van der Waals surface area contributed by atoms with Crippen LogP contribution in [0.1, 0.15) is 22.3 Å². The van der Waals surface area contributed by atoms with E-state index in [0.29, 0.717) is 27.8 Å².